The van der Waals surface area contributed by atoms with E-state index in [4.69, 9.17) is 4.74 Å². The molecule has 90 valence electrons. The van der Waals surface area contributed by atoms with Gasteiger partial charge in [0, 0.05) is 7.11 Å². The fourth-order valence-corrected chi connectivity index (χ4v) is 1.95. The van der Waals surface area contributed by atoms with Crippen LogP contribution in [-0.2, 0) is 4.74 Å². The molecule has 1 aliphatic rings. The van der Waals surface area contributed by atoms with Crippen LogP contribution in [0.2, 0.25) is 0 Å². The van der Waals surface area contributed by atoms with Gasteiger partial charge in [-0.2, -0.15) is 0 Å². The van der Waals surface area contributed by atoms with Crippen LogP contribution < -0.4 is 10.6 Å². The molecule has 4 heteroatoms. The van der Waals surface area contributed by atoms with Gasteiger partial charge in [-0.3, -0.25) is 0 Å². The summed E-state index contributed by atoms with van der Waals surface area (Å²) in [4.78, 5) is 0. The van der Waals surface area contributed by atoms with E-state index in [1.54, 1.807) is 7.11 Å². The van der Waals surface area contributed by atoms with Crippen molar-refractivity contribution in [2.24, 2.45) is 5.92 Å². The van der Waals surface area contributed by atoms with E-state index in [0.29, 0.717) is 6.61 Å². The second-order valence-electron chi connectivity index (χ2n) is 4.31. The first-order valence-corrected chi connectivity index (χ1v) is 5.91. The smallest absolute Gasteiger partial charge is 0.0785 e. The maximum Gasteiger partial charge on any atom is 0.0785 e. The van der Waals surface area contributed by atoms with Crippen molar-refractivity contribution in [1.82, 2.24) is 10.6 Å². The summed E-state index contributed by atoms with van der Waals surface area (Å²) < 4.78 is 4.86. The zero-order chi connectivity index (χ0) is 10.9. The van der Waals surface area contributed by atoms with E-state index in [9.17, 15) is 5.11 Å². The molecular formula is C11H24N2O2. The normalized spacial score (nSPS) is 24.0. The lowest BCUT2D eigenvalue weighted by Crippen LogP contribution is -2.36. The van der Waals surface area contributed by atoms with Crippen LogP contribution in [0.5, 0.6) is 0 Å². The van der Waals surface area contributed by atoms with Gasteiger partial charge in [0.25, 0.3) is 0 Å². The lowest BCUT2D eigenvalue weighted by molar-refractivity contribution is 0.0592. The molecule has 0 aromatic carbocycles. The van der Waals surface area contributed by atoms with E-state index in [1.807, 2.05) is 0 Å². The van der Waals surface area contributed by atoms with Crippen LogP contribution in [0.25, 0.3) is 0 Å². The van der Waals surface area contributed by atoms with Crippen molar-refractivity contribution in [2.75, 3.05) is 39.9 Å². The van der Waals surface area contributed by atoms with Gasteiger partial charge in [-0.25, -0.2) is 0 Å². The average Bonchev–Trinajstić information content (AvgIpc) is 2.26. The molecule has 0 aromatic heterocycles. The fourth-order valence-electron chi connectivity index (χ4n) is 1.95. The van der Waals surface area contributed by atoms with Gasteiger partial charge in [-0.05, 0) is 51.4 Å². The molecule has 0 aliphatic carbocycles. The first-order valence-electron chi connectivity index (χ1n) is 5.91. The molecule has 0 radical (unpaired) electrons. The quantitative estimate of drug-likeness (QED) is 0.523. The van der Waals surface area contributed by atoms with Crippen LogP contribution in [0, 0.1) is 5.92 Å². The van der Waals surface area contributed by atoms with Crippen LogP contribution in [0.1, 0.15) is 19.3 Å². The highest BCUT2D eigenvalue weighted by atomic mass is 16.5. The largest absolute Gasteiger partial charge is 0.391 e. The molecular weight excluding hydrogens is 192 g/mol. The minimum absolute atomic E-state index is 0.327. The number of hydrogen-bond donors (Lipinski definition) is 3. The predicted molar refractivity (Wildman–Crippen MR) is 61.0 cm³/mol. The molecule has 15 heavy (non-hydrogen) atoms. The van der Waals surface area contributed by atoms with Crippen LogP contribution in [0.3, 0.4) is 0 Å². The summed E-state index contributed by atoms with van der Waals surface area (Å²) in [5, 5.41) is 16.2. The Morgan fingerprint density at radius 3 is 3.13 bits per heavy atom. The summed E-state index contributed by atoms with van der Waals surface area (Å²) in [5.41, 5.74) is 0. The minimum Gasteiger partial charge on any atom is -0.391 e. The summed E-state index contributed by atoms with van der Waals surface area (Å²) in [5.74, 6) is 0.762. The molecule has 1 saturated heterocycles. The maximum atomic E-state index is 9.41. The Balaban J connectivity index is 1.91. The summed E-state index contributed by atoms with van der Waals surface area (Å²) >= 11 is 0. The molecule has 4 nitrogen and oxygen atoms in total. The van der Waals surface area contributed by atoms with Crippen molar-refractivity contribution in [3.63, 3.8) is 0 Å². The third-order valence-corrected chi connectivity index (χ3v) is 2.85. The van der Waals surface area contributed by atoms with Crippen molar-refractivity contribution < 1.29 is 9.84 Å². The Kier molecular flexibility index (Phi) is 6.92. The molecule has 2 atom stereocenters. The Labute approximate surface area is 92.4 Å². The van der Waals surface area contributed by atoms with E-state index < -0.39 is 0 Å². The lowest BCUT2D eigenvalue weighted by Gasteiger charge is -2.23. The van der Waals surface area contributed by atoms with Gasteiger partial charge in [0.2, 0.25) is 0 Å². The molecule has 1 fully saturated rings. The molecule has 1 heterocycles. The van der Waals surface area contributed by atoms with Crippen molar-refractivity contribution in [3.05, 3.63) is 0 Å². The van der Waals surface area contributed by atoms with Gasteiger partial charge >= 0.3 is 0 Å². The third kappa shape index (κ3) is 6.10. The summed E-state index contributed by atoms with van der Waals surface area (Å²) in [6.07, 6.45) is 3.06. The van der Waals surface area contributed by atoms with Crippen LogP contribution in [0.4, 0.5) is 0 Å². The molecule has 1 rings (SSSR count). The zero-order valence-corrected chi connectivity index (χ0v) is 9.67. The second kappa shape index (κ2) is 8.05. The van der Waals surface area contributed by atoms with Gasteiger partial charge in [0.1, 0.15) is 0 Å². The van der Waals surface area contributed by atoms with E-state index in [-0.39, 0.29) is 6.10 Å². The minimum atomic E-state index is -0.327. The Morgan fingerprint density at radius 1 is 1.60 bits per heavy atom. The highest BCUT2D eigenvalue weighted by molar-refractivity contribution is 4.71. The van der Waals surface area contributed by atoms with Gasteiger partial charge in [0.05, 0.1) is 12.7 Å². The number of nitrogens with one attached hydrogen (secondary N) is 2. The van der Waals surface area contributed by atoms with Gasteiger partial charge in [-0.1, -0.05) is 0 Å². The van der Waals surface area contributed by atoms with Gasteiger partial charge < -0.3 is 20.5 Å². The van der Waals surface area contributed by atoms with Crippen molar-refractivity contribution in [3.8, 4) is 0 Å². The molecule has 0 saturated carbocycles. The zero-order valence-electron chi connectivity index (χ0n) is 9.67. The summed E-state index contributed by atoms with van der Waals surface area (Å²) in [7, 11) is 1.62. The standard InChI is InChI=1S/C11H24N2O2/c1-15-9-11(14)4-6-13-8-10-3-2-5-12-7-10/h10-14H,2-9H2,1H3. The fraction of sp³-hybridized carbons (Fsp3) is 1.00. The highest BCUT2D eigenvalue weighted by Crippen LogP contribution is 2.07. The monoisotopic (exact) mass is 216 g/mol. The Morgan fingerprint density at radius 2 is 2.47 bits per heavy atom. The molecule has 3 N–H and O–H groups in total. The highest BCUT2D eigenvalue weighted by Gasteiger charge is 2.12. The second-order valence-corrected chi connectivity index (χ2v) is 4.31. The number of aliphatic hydroxyl groups is 1. The molecule has 2 unspecified atom stereocenters. The maximum absolute atomic E-state index is 9.41. The van der Waals surface area contributed by atoms with Crippen LogP contribution in [-0.4, -0.2) is 51.1 Å². The molecule has 0 bridgehead atoms. The third-order valence-electron chi connectivity index (χ3n) is 2.85. The van der Waals surface area contributed by atoms with Crippen LogP contribution >= 0.6 is 0 Å². The SMILES string of the molecule is COCC(O)CCNCC1CCCNC1. The summed E-state index contributed by atoms with van der Waals surface area (Å²) in [6.45, 7) is 4.68. The van der Waals surface area contributed by atoms with E-state index >= 15 is 0 Å². The molecule has 1 aliphatic heterocycles. The number of piperidine rings is 1. The summed E-state index contributed by atoms with van der Waals surface area (Å²) in [6, 6.07) is 0. The molecule has 0 amide bonds. The topological polar surface area (TPSA) is 53.5 Å². The number of aliphatic hydroxyl groups excluding tert-OH is 1. The lowest BCUT2D eigenvalue weighted by atomic mass is 10.00. The first-order chi connectivity index (χ1) is 7.33. The van der Waals surface area contributed by atoms with E-state index in [0.717, 1.165) is 32.0 Å². The molecule has 0 spiro atoms. The van der Waals surface area contributed by atoms with E-state index in [1.165, 1.54) is 19.4 Å². The van der Waals surface area contributed by atoms with Crippen molar-refractivity contribution >= 4 is 0 Å². The van der Waals surface area contributed by atoms with Gasteiger partial charge in [0.15, 0.2) is 0 Å². The first kappa shape index (κ1) is 12.9. The van der Waals surface area contributed by atoms with Crippen LogP contribution in [0.15, 0.2) is 0 Å². The average molecular weight is 216 g/mol. The van der Waals surface area contributed by atoms with Crippen molar-refractivity contribution in [1.29, 1.82) is 0 Å². The Bertz CT molecular complexity index is 150. The number of rotatable bonds is 7. The number of hydrogen-bond acceptors (Lipinski definition) is 4. The predicted octanol–water partition coefficient (Wildman–Crippen LogP) is -0.0270. The van der Waals surface area contributed by atoms with E-state index in [2.05, 4.69) is 10.6 Å². The van der Waals surface area contributed by atoms with Gasteiger partial charge in [-0.15, -0.1) is 0 Å². The Hall–Kier alpha value is -0.160. The van der Waals surface area contributed by atoms with Crippen molar-refractivity contribution in [2.45, 2.75) is 25.4 Å². The number of methoxy groups -OCH3 is 1. The molecule has 0 aromatic rings. The number of ether oxygens (including phenoxy) is 1.